The summed E-state index contributed by atoms with van der Waals surface area (Å²) in [6.07, 6.45) is -9.34. The lowest BCUT2D eigenvalue weighted by Gasteiger charge is -2.31. The Morgan fingerprint density at radius 3 is 1.91 bits per heavy atom. The molecule has 12 heteroatoms. The highest BCUT2D eigenvalue weighted by atomic mass is 32.2. The van der Waals surface area contributed by atoms with E-state index in [2.05, 4.69) is 5.32 Å². The number of sulfonamides is 1. The van der Waals surface area contributed by atoms with Gasteiger partial charge in [0, 0.05) is 25.2 Å². The van der Waals surface area contributed by atoms with Gasteiger partial charge in [-0.05, 0) is 49.1 Å². The second-order valence-corrected chi connectivity index (χ2v) is 9.60. The molecule has 0 aromatic heterocycles. The fourth-order valence-corrected chi connectivity index (χ4v) is 5.01. The number of alkyl halides is 6. The molecule has 0 radical (unpaired) electrons. The van der Waals surface area contributed by atoms with Crippen LogP contribution in [0.4, 0.5) is 26.3 Å². The Balaban J connectivity index is 1.63. The number of piperidine rings is 1. The lowest BCUT2D eigenvalue weighted by molar-refractivity contribution is -0.143. The van der Waals surface area contributed by atoms with Crippen molar-refractivity contribution in [2.75, 3.05) is 19.6 Å². The number of nitrogens with zero attached hydrogens (tertiary/aromatic N) is 1. The molecule has 0 bridgehead atoms. The number of carbonyl (C=O) groups excluding carboxylic acids is 1. The van der Waals surface area contributed by atoms with Crippen molar-refractivity contribution in [2.24, 2.45) is 5.92 Å². The molecule has 1 aliphatic rings. The molecule has 1 heterocycles. The van der Waals surface area contributed by atoms with Gasteiger partial charge in [-0.1, -0.05) is 18.2 Å². The topological polar surface area (TPSA) is 66.5 Å². The highest BCUT2D eigenvalue weighted by molar-refractivity contribution is 7.89. The summed E-state index contributed by atoms with van der Waals surface area (Å²) in [5, 5.41) is 2.37. The Morgan fingerprint density at radius 2 is 1.42 bits per heavy atom. The van der Waals surface area contributed by atoms with E-state index in [1.807, 2.05) is 0 Å². The van der Waals surface area contributed by atoms with Crippen LogP contribution in [-0.2, 0) is 22.4 Å². The van der Waals surface area contributed by atoms with Crippen molar-refractivity contribution >= 4 is 15.9 Å². The number of halogens is 6. The minimum absolute atomic E-state index is 0.00431. The van der Waals surface area contributed by atoms with Crippen molar-refractivity contribution in [1.29, 1.82) is 0 Å². The van der Waals surface area contributed by atoms with Crippen molar-refractivity contribution < 1.29 is 39.6 Å². The van der Waals surface area contributed by atoms with Crippen LogP contribution in [0.5, 0.6) is 0 Å². The van der Waals surface area contributed by atoms with Gasteiger partial charge >= 0.3 is 12.4 Å². The molecule has 33 heavy (non-hydrogen) atoms. The Kier molecular flexibility index (Phi) is 7.08. The second-order valence-electron chi connectivity index (χ2n) is 7.67. The molecule has 0 unspecified atom stereocenters. The Bertz CT molecular complexity index is 1060. The first-order valence-electron chi connectivity index (χ1n) is 9.91. The number of hydrogen-bond acceptors (Lipinski definition) is 3. The van der Waals surface area contributed by atoms with E-state index >= 15 is 0 Å². The molecule has 1 aliphatic heterocycles. The third kappa shape index (κ3) is 6.05. The van der Waals surface area contributed by atoms with Crippen LogP contribution in [0.1, 0.15) is 34.3 Å². The van der Waals surface area contributed by atoms with Crippen molar-refractivity contribution in [1.82, 2.24) is 9.62 Å². The predicted octanol–water partition coefficient (Wildman–Crippen LogP) is 4.55. The average Bonchev–Trinajstić information content (AvgIpc) is 2.77. The van der Waals surface area contributed by atoms with Gasteiger partial charge in [0.15, 0.2) is 0 Å². The van der Waals surface area contributed by atoms with Gasteiger partial charge < -0.3 is 5.32 Å². The zero-order valence-corrected chi connectivity index (χ0v) is 17.9. The molecule has 0 saturated carbocycles. The first kappa shape index (κ1) is 25.0. The van der Waals surface area contributed by atoms with E-state index in [1.54, 1.807) is 18.2 Å². The van der Waals surface area contributed by atoms with E-state index in [4.69, 9.17) is 0 Å². The summed E-state index contributed by atoms with van der Waals surface area (Å²) in [5.74, 6) is -1.24. The van der Waals surface area contributed by atoms with Gasteiger partial charge in [0.25, 0.3) is 5.91 Å². The van der Waals surface area contributed by atoms with Crippen LogP contribution in [0.2, 0.25) is 0 Å². The van der Waals surface area contributed by atoms with Crippen LogP contribution in [0.25, 0.3) is 0 Å². The molecule has 1 fully saturated rings. The standard InChI is InChI=1S/C21H20F6N2O3S/c22-20(23,24)16-10-15(11-17(12-16)21(25,26)27)19(30)28-13-14-6-8-29(9-7-14)33(31,32)18-4-2-1-3-5-18/h1-5,10-12,14H,6-9,13H2,(H,28,30). The van der Waals surface area contributed by atoms with Crippen LogP contribution in [0.15, 0.2) is 53.4 Å². The molecule has 1 N–H and O–H groups in total. The largest absolute Gasteiger partial charge is 0.416 e. The number of rotatable bonds is 5. The van der Waals surface area contributed by atoms with Crippen molar-refractivity contribution in [3.05, 3.63) is 65.2 Å². The van der Waals surface area contributed by atoms with Crippen molar-refractivity contribution in [3.8, 4) is 0 Å². The van der Waals surface area contributed by atoms with E-state index in [9.17, 15) is 39.6 Å². The van der Waals surface area contributed by atoms with Gasteiger partial charge in [0.1, 0.15) is 0 Å². The summed E-state index contributed by atoms with van der Waals surface area (Å²) in [5.41, 5.74) is -3.88. The maximum atomic E-state index is 13.0. The molecular weight excluding hydrogens is 474 g/mol. The number of hydrogen-bond donors (Lipinski definition) is 1. The van der Waals surface area contributed by atoms with Crippen LogP contribution >= 0.6 is 0 Å². The minimum atomic E-state index is -5.05. The summed E-state index contributed by atoms with van der Waals surface area (Å²) >= 11 is 0. The molecule has 1 amide bonds. The molecule has 0 aliphatic carbocycles. The summed E-state index contributed by atoms with van der Waals surface area (Å²) in [6.45, 7) is 0.356. The zero-order chi connectivity index (χ0) is 24.4. The SMILES string of the molecule is O=C(NCC1CCN(S(=O)(=O)c2ccccc2)CC1)c1cc(C(F)(F)F)cc(C(F)(F)F)c1. The first-order valence-corrected chi connectivity index (χ1v) is 11.4. The normalized spacial score (nSPS) is 16.5. The number of benzene rings is 2. The predicted molar refractivity (Wildman–Crippen MR) is 107 cm³/mol. The molecule has 2 aromatic rings. The average molecular weight is 494 g/mol. The highest BCUT2D eigenvalue weighted by Gasteiger charge is 2.37. The number of amides is 1. The molecular formula is C21H20F6N2O3S. The Hall–Kier alpha value is -2.60. The maximum absolute atomic E-state index is 13.0. The minimum Gasteiger partial charge on any atom is -0.352 e. The van der Waals surface area contributed by atoms with Gasteiger partial charge in [0.05, 0.1) is 16.0 Å². The van der Waals surface area contributed by atoms with E-state index in [1.165, 1.54) is 16.4 Å². The van der Waals surface area contributed by atoms with E-state index in [0.29, 0.717) is 25.0 Å². The van der Waals surface area contributed by atoms with E-state index in [0.717, 1.165) is 0 Å². The van der Waals surface area contributed by atoms with Crippen molar-refractivity contribution in [2.45, 2.75) is 30.1 Å². The smallest absolute Gasteiger partial charge is 0.352 e. The first-order chi connectivity index (χ1) is 15.3. The molecule has 2 aromatic carbocycles. The lowest BCUT2D eigenvalue weighted by atomic mass is 9.98. The van der Waals surface area contributed by atoms with Crippen molar-refractivity contribution in [3.63, 3.8) is 0 Å². The molecule has 180 valence electrons. The summed E-state index contributed by atoms with van der Waals surface area (Å²) in [7, 11) is -3.66. The molecule has 3 rings (SSSR count). The van der Waals surface area contributed by atoms with Gasteiger partial charge in [-0.3, -0.25) is 4.79 Å². The van der Waals surface area contributed by atoms with Gasteiger partial charge in [-0.25, -0.2) is 8.42 Å². The Morgan fingerprint density at radius 1 is 0.909 bits per heavy atom. The third-order valence-corrected chi connectivity index (χ3v) is 7.27. The van der Waals surface area contributed by atoms with Gasteiger partial charge in [-0.15, -0.1) is 0 Å². The van der Waals surface area contributed by atoms with Crippen LogP contribution in [-0.4, -0.2) is 38.3 Å². The van der Waals surface area contributed by atoms with E-state index < -0.39 is 45.0 Å². The summed E-state index contributed by atoms with van der Waals surface area (Å²) in [6, 6.07) is 8.56. The highest BCUT2D eigenvalue weighted by Crippen LogP contribution is 2.36. The maximum Gasteiger partial charge on any atom is 0.416 e. The Labute approximate surface area is 186 Å². The lowest BCUT2D eigenvalue weighted by Crippen LogP contribution is -2.41. The monoisotopic (exact) mass is 494 g/mol. The zero-order valence-electron chi connectivity index (χ0n) is 17.1. The van der Waals surface area contributed by atoms with Gasteiger partial charge in [-0.2, -0.15) is 30.6 Å². The summed E-state index contributed by atoms with van der Waals surface area (Å²) in [4.78, 5) is 12.5. The third-order valence-electron chi connectivity index (χ3n) is 5.36. The molecule has 5 nitrogen and oxygen atoms in total. The van der Waals surface area contributed by atoms with Crippen LogP contribution in [0, 0.1) is 5.92 Å². The fourth-order valence-electron chi connectivity index (χ4n) is 3.52. The van der Waals surface area contributed by atoms with Crippen LogP contribution < -0.4 is 5.32 Å². The van der Waals surface area contributed by atoms with E-state index in [-0.39, 0.29) is 36.5 Å². The molecule has 0 atom stereocenters. The summed E-state index contributed by atoms with van der Waals surface area (Å²) < 4.78 is 104. The number of carbonyl (C=O) groups is 1. The quantitative estimate of drug-likeness (QED) is 0.620. The van der Waals surface area contributed by atoms with Gasteiger partial charge in [0.2, 0.25) is 10.0 Å². The molecule has 0 spiro atoms. The number of nitrogens with one attached hydrogen (secondary N) is 1. The molecule has 1 saturated heterocycles. The second kappa shape index (κ2) is 9.34. The van der Waals surface area contributed by atoms with Crippen LogP contribution in [0.3, 0.4) is 0 Å². The fraction of sp³-hybridized carbons (Fsp3) is 0.381.